The molecule has 8 nitrogen and oxygen atoms in total. The third kappa shape index (κ3) is 5.34. The molecule has 1 fully saturated rings. The number of hydrogen-bond donors (Lipinski definition) is 2. The second-order valence-corrected chi connectivity index (χ2v) is 10.8. The van der Waals surface area contributed by atoms with Crippen molar-refractivity contribution < 1.29 is 14.3 Å². The number of amides is 1. The van der Waals surface area contributed by atoms with Crippen LogP contribution < -0.4 is 20.3 Å². The number of nitrogens with zero attached hydrogens (tertiary/aromatic N) is 3. The first-order valence-corrected chi connectivity index (χ1v) is 13.9. The molecule has 1 saturated heterocycles. The van der Waals surface area contributed by atoms with Crippen LogP contribution >= 0.6 is 28.1 Å². The van der Waals surface area contributed by atoms with Crippen molar-refractivity contribution in [2.45, 2.75) is 25.9 Å². The number of aromatic nitrogens is 2. The molecule has 10 heteroatoms. The second kappa shape index (κ2) is 11.8. The Balaban J connectivity index is 1.65. The Labute approximate surface area is 247 Å². The van der Waals surface area contributed by atoms with Gasteiger partial charge in [-0.3, -0.25) is 9.78 Å². The average Bonchev–Trinajstić information content (AvgIpc) is 3.44. The van der Waals surface area contributed by atoms with Crippen LogP contribution in [0.3, 0.4) is 0 Å². The Morgan fingerprint density at radius 2 is 1.90 bits per heavy atom. The number of rotatable bonds is 8. The molecule has 2 aromatic heterocycles. The zero-order chi connectivity index (χ0) is 28.4. The molecular weight excluding hydrogens is 590 g/mol. The lowest BCUT2D eigenvalue weighted by Gasteiger charge is -2.29. The van der Waals surface area contributed by atoms with E-state index in [-0.39, 0.29) is 24.6 Å². The molecule has 0 aliphatic carbocycles. The minimum atomic E-state index is -0.277. The smallest absolute Gasteiger partial charge is 0.250 e. The Bertz CT molecular complexity index is 1560. The van der Waals surface area contributed by atoms with Crippen LogP contribution in [0.15, 0.2) is 77.4 Å². The first-order chi connectivity index (χ1) is 19.3. The molecule has 3 heterocycles. The van der Waals surface area contributed by atoms with E-state index >= 15 is 0 Å². The predicted octanol–water partition coefficient (Wildman–Crippen LogP) is 6.02. The molecule has 0 saturated carbocycles. The van der Waals surface area contributed by atoms with E-state index in [0.29, 0.717) is 16.5 Å². The van der Waals surface area contributed by atoms with E-state index in [9.17, 15) is 4.79 Å². The van der Waals surface area contributed by atoms with Gasteiger partial charge in [0.15, 0.2) is 5.11 Å². The minimum Gasteiger partial charge on any atom is -0.495 e. The third-order valence-corrected chi connectivity index (χ3v) is 7.77. The van der Waals surface area contributed by atoms with E-state index in [0.717, 1.165) is 38.5 Å². The van der Waals surface area contributed by atoms with E-state index in [2.05, 4.69) is 73.1 Å². The number of nitrogens with one attached hydrogen (secondary N) is 2. The highest BCUT2D eigenvalue weighted by molar-refractivity contribution is 9.10. The minimum absolute atomic E-state index is 0.0664. The van der Waals surface area contributed by atoms with Gasteiger partial charge in [0.05, 0.1) is 30.6 Å². The highest BCUT2D eigenvalue weighted by Crippen LogP contribution is 2.45. The number of ether oxygens (including phenoxy) is 2. The summed E-state index contributed by atoms with van der Waals surface area (Å²) in [5.41, 5.74) is 6.60. The van der Waals surface area contributed by atoms with Crippen LogP contribution in [-0.2, 0) is 9.53 Å². The zero-order valence-corrected chi connectivity index (χ0v) is 25.0. The van der Waals surface area contributed by atoms with Crippen molar-refractivity contribution in [3.05, 3.63) is 100 Å². The predicted molar refractivity (Wildman–Crippen MR) is 164 cm³/mol. The van der Waals surface area contributed by atoms with Gasteiger partial charge in [-0.1, -0.05) is 28.1 Å². The van der Waals surface area contributed by atoms with Crippen molar-refractivity contribution in [2.24, 2.45) is 0 Å². The van der Waals surface area contributed by atoms with Gasteiger partial charge in [-0.15, -0.1) is 0 Å². The molecule has 0 radical (unpaired) electrons. The van der Waals surface area contributed by atoms with E-state index in [4.69, 9.17) is 21.7 Å². The van der Waals surface area contributed by atoms with E-state index in [1.165, 1.54) is 7.11 Å². The molecule has 40 heavy (non-hydrogen) atoms. The molecular formula is C30H30BrN5O3S. The van der Waals surface area contributed by atoms with E-state index < -0.39 is 0 Å². The number of carbonyl (C=O) groups is 1. The van der Waals surface area contributed by atoms with Gasteiger partial charge in [0.1, 0.15) is 12.4 Å². The number of methoxy groups -OCH3 is 2. The van der Waals surface area contributed by atoms with Gasteiger partial charge in [-0.25, -0.2) is 0 Å². The number of carbonyl (C=O) groups excluding carboxylic acids is 1. The summed E-state index contributed by atoms with van der Waals surface area (Å²) in [5, 5.41) is 6.97. The highest BCUT2D eigenvalue weighted by Gasteiger charge is 2.42. The Hall–Kier alpha value is -3.73. The van der Waals surface area contributed by atoms with E-state index in [1.807, 2.05) is 48.5 Å². The summed E-state index contributed by atoms with van der Waals surface area (Å²) in [6, 6.07) is 21.6. The summed E-state index contributed by atoms with van der Waals surface area (Å²) >= 11 is 9.55. The monoisotopic (exact) mass is 619 g/mol. The van der Waals surface area contributed by atoms with Crippen molar-refractivity contribution >= 4 is 50.5 Å². The van der Waals surface area contributed by atoms with Gasteiger partial charge in [0.2, 0.25) is 5.91 Å². The normalized spacial score (nSPS) is 16.6. The average molecular weight is 621 g/mol. The molecule has 1 amide bonds. The number of thiocarbonyl (C=S) groups is 1. The number of halogens is 1. The number of hydrogen-bond acceptors (Lipinski definition) is 5. The molecule has 5 rings (SSSR count). The van der Waals surface area contributed by atoms with Crippen molar-refractivity contribution in [3.8, 4) is 11.4 Å². The SMILES string of the molecule is COCC(=O)Nc1cc(N2C(=S)N[C@H](c3ccccn3)[C@@H]2c2cc(C)n(-c3cccc(Br)c3)c2C)ccc1OC. The molecule has 0 spiro atoms. The van der Waals surface area contributed by atoms with Crippen LogP contribution in [0.2, 0.25) is 0 Å². The fraction of sp³-hybridized carbons (Fsp3) is 0.233. The first kappa shape index (κ1) is 27.8. The Morgan fingerprint density at radius 3 is 2.60 bits per heavy atom. The summed E-state index contributed by atoms with van der Waals surface area (Å²) in [6.07, 6.45) is 1.79. The molecule has 206 valence electrons. The lowest BCUT2D eigenvalue weighted by Crippen LogP contribution is -2.29. The number of anilines is 2. The first-order valence-electron chi connectivity index (χ1n) is 12.7. The Kier molecular flexibility index (Phi) is 8.20. The fourth-order valence-corrected chi connectivity index (χ4v) is 6.04. The zero-order valence-electron chi connectivity index (χ0n) is 22.6. The van der Waals surface area contributed by atoms with Crippen molar-refractivity contribution in [3.63, 3.8) is 0 Å². The summed E-state index contributed by atoms with van der Waals surface area (Å²) in [4.78, 5) is 19.2. The molecule has 0 bridgehead atoms. The Morgan fingerprint density at radius 1 is 1.07 bits per heavy atom. The second-order valence-electron chi connectivity index (χ2n) is 9.50. The van der Waals surface area contributed by atoms with Crippen molar-refractivity contribution in [1.82, 2.24) is 14.9 Å². The van der Waals surface area contributed by atoms with Gasteiger partial charge in [0.25, 0.3) is 0 Å². The van der Waals surface area contributed by atoms with Gasteiger partial charge < -0.3 is 29.6 Å². The molecule has 4 aromatic rings. The largest absolute Gasteiger partial charge is 0.495 e. The molecule has 2 aromatic carbocycles. The summed E-state index contributed by atoms with van der Waals surface area (Å²) in [5.74, 6) is 0.262. The van der Waals surface area contributed by atoms with E-state index in [1.54, 1.807) is 13.3 Å². The van der Waals surface area contributed by atoms with Crippen LogP contribution in [0.4, 0.5) is 11.4 Å². The standard InChI is InChI=1S/C30H30BrN5O3S/c1-18-14-23(19(2)35(18)21-9-7-8-20(31)15-21)29-28(24-10-5-6-13-32-24)34-30(40)36(29)22-11-12-26(39-4)25(16-22)33-27(37)17-38-3/h5-16,28-29H,17H2,1-4H3,(H,33,37)(H,34,40)/t28-,29+/m1/s1. The third-order valence-electron chi connectivity index (χ3n) is 6.96. The quantitative estimate of drug-likeness (QED) is 0.233. The lowest BCUT2D eigenvalue weighted by atomic mass is 9.96. The van der Waals surface area contributed by atoms with Gasteiger partial charge in [-0.2, -0.15) is 0 Å². The maximum Gasteiger partial charge on any atom is 0.250 e. The number of aryl methyl sites for hydroxylation is 1. The highest BCUT2D eigenvalue weighted by atomic mass is 79.9. The molecule has 1 aliphatic rings. The fourth-order valence-electron chi connectivity index (χ4n) is 5.31. The van der Waals surface area contributed by atoms with Gasteiger partial charge in [-0.05, 0) is 86.2 Å². The summed E-state index contributed by atoms with van der Waals surface area (Å²) in [6.45, 7) is 4.17. The van der Waals surface area contributed by atoms with Crippen LogP contribution in [-0.4, -0.2) is 41.4 Å². The van der Waals surface area contributed by atoms with Gasteiger partial charge in [0, 0.05) is 40.5 Å². The van der Waals surface area contributed by atoms with Crippen LogP contribution in [0.5, 0.6) is 5.75 Å². The summed E-state index contributed by atoms with van der Waals surface area (Å²) < 4.78 is 13.8. The van der Waals surface area contributed by atoms with Crippen LogP contribution in [0.25, 0.3) is 5.69 Å². The van der Waals surface area contributed by atoms with Crippen molar-refractivity contribution in [2.75, 3.05) is 31.0 Å². The number of pyridine rings is 1. The van der Waals surface area contributed by atoms with Crippen LogP contribution in [0, 0.1) is 13.8 Å². The molecule has 0 unspecified atom stereocenters. The van der Waals surface area contributed by atoms with Crippen LogP contribution in [0.1, 0.15) is 34.7 Å². The molecule has 1 aliphatic heterocycles. The molecule has 2 N–H and O–H groups in total. The van der Waals surface area contributed by atoms with Crippen molar-refractivity contribution in [1.29, 1.82) is 0 Å². The lowest BCUT2D eigenvalue weighted by molar-refractivity contribution is -0.119. The van der Waals surface area contributed by atoms with Gasteiger partial charge >= 0.3 is 0 Å². The topological polar surface area (TPSA) is 80.7 Å². The maximum absolute atomic E-state index is 12.4. The summed E-state index contributed by atoms with van der Waals surface area (Å²) in [7, 11) is 3.05. The molecule has 2 atom stereocenters. The number of benzene rings is 2. The maximum atomic E-state index is 12.4.